The van der Waals surface area contributed by atoms with Crippen molar-refractivity contribution in [3.8, 4) is 0 Å². The van der Waals surface area contributed by atoms with Crippen molar-refractivity contribution in [1.82, 2.24) is 4.90 Å². The number of hydrogen-bond acceptors (Lipinski definition) is 5. The fourth-order valence-electron chi connectivity index (χ4n) is 3.11. The smallest absolute Gasteiger partial charge is 0.316 e. The third-order valence-corrected chi connectivity index (χ3v) is 6.17. The second-order valence-corrected chi connectivity index (χ2v) is 8.30. The molecule has 2 amide bonds. The fourth-order valence-corrected chi connectivity index (χ4v) is 4.02. The van der Waals surface area contributed by atoms with Crippen LogP contribution in [0.25, 0.3) is 0 Å². The summed E-state index contributed by atoms with van der Waals surface area (Å²) in [5.74, 6) is -0.657. The normalized spacial score (nSPS) is 14.4. The molecule has 0 saturated heterocycles. The molecule has 0 heterocycles. The van der Waals surface area contributed by atoms with Gasteiger partial charge in [0, 0.05) is 23.8 Å². The van der Waals surface area contributed by atoms with Crippen molar-refractivity contribution >= 4 is 46.8 Å². The van der Waals surface area contributed by atoms with Crippen molar-refractivity contribution in [2.75, 3.05) is 30.5 Å². The molecule has 1 aliphatic carbocycles. The first-order chi connectivity index (χ1) is 13.4. The zero-order valence-corrected chi connectivity index (χ0v) is 17.9. The maximum absolute atomic E-state index is 12.2. The number of carbonyl (C=O) groups excluding carboxylic acids is 3. The van der Waals surface area contributed by atoms with Crippen LogP contribution in [0.2, 0.25) is 5.02 Å². The molecule has 1 N–H and O–H groups in total. The molecule has 6 nitrogen and oxygen atoms in total. The van der Waals surface area contributed by atoms with Crippen LogP contribution in [-0.2, 0) is 19.1 Å². The van der Waals surface area contributed by atoms with E-state index in [-0.39, 0.29) is 24.0 Å². The second kappa shape index (κ2) is 11.3. The number of thioether (sulfide) groups is 1. The van der Waals surface area contributed by atoms with Crippen LogP contribution in [0.3, 0.4) is 0 Å². The van der Waals surface area contributed by atoms with E-state index in [1.165, 1.54) is 31.0 Å². The Hall–Kier alpha value is -1.73. The summed E-state index contributed by atoms with van der Waals surface area (Å²) in [6, 6.07) is 5.50. The Bertz CT molecular complexity index is 707. The SMILES string of the molecule is Cc1c(Cl)cccc1NC(=O)COC(=O)CSCC(=O)N(C)C1CCCCC1. The van der Waals surface area contributed by atoms with E-state index < -0.39 is 11.9 Å². The molecule has 1 aromatic carbocycles. The molecule has 0 aliphatic heterocycles. The molecule has 1 aliphatic rings. The van der Waals surface area contributed by atoms with Gasteiger partial charge in [0.05, 0.1) is 11.5 Å². The summed E-state index contributed by atoms with van der Waals surface area (Å²) in [5.41, 5.74) is 1.33. The number of ether oxygens (including phenoxy) is 1. The lowest BCUT2D eigenvalue weighted by Crippen LogP contribution is -2.39. The van der Waals surface area contributed by atoms with Crippen molar-refractivity contribution in [2.45, 2.75) is 45.1 Å². The predicted molar refractivity (Wildman–Crippen MR) is 113 cm³/mol. The lowest BCUT2D eigenvalue weighted by atomic mass is 9.94. The minimum absolute atomic E-state index is 0.0267. The Labute approximate surface area is 175 Å². The predicted octanol–water partition coefficient (Wildman–Crippen LogP) is 3.65. The average molecular weight is 427 g/mol. The lowest BCUT2D eigenvalue weighted by molar-refractivity contribution is -0.144. The number of esters is 1. The maximum Gasteiger partial charge on any atom is 0.316 e. The minimum Gasteiger partial charge on any atom is -0.455 e. The Morgan fingerprint density at radius 2 is 1.93 bits per heavy atom. The van der Waals surface area contributed by atoms with Gasteiger partial charge in [0.1, 0.15) is 0 Å². The molecule has 154 valence electrons. The molecular weight excluding hydrogens is 400 g/mol. The third-order valence-electron chi connectivity index (χ3n) is 4.87. The Morgan fingerprint density at radius 3 is 2.64 bits per heavy atom. The van der Waals surface area contributed by atoms with Gasteiger partial charge in [-0.25, -0.2) is 0 Å². The number of nitrogens with zero attached hydrogens (tertiary/aromatic N) is 1. The van der Waals surface area contributed by atoms with E-state index in [4.69, 9.17) is 16.3 Å². The van der Waals surface area contributed by atoms with Gasteiger partial charge in [0.25, 0.3) is 5.91 Å². The topological polar surface area (TPSA) is 75.7 Å². The number of hydrogen-bond donors (Lipinski definition) is 1. The van der Waals surface area contributed by atoms with Gasteiger partial charge in [-0.15, -0.1) is 11.8 Å². The van der Waals surface area contributed by atoms with E-state index in [1.54, 1.807) is 30.0 Å². The van der Waals surface area contributed by atoms with Gasteiger partial charge in [-0.2, -0.15) is 0 Å². The molecule has 0 unspecified atom stereocenters. The Morgan fingerprint density at radius 1 is 1.21 bits per heavy atom. The van der Waals surface area contributed by atoms with E-state index in [2.05, 4.69) is 5.32 Å². The molecule has 28 heavy (non-hydrogen) atoms. The van der Waals surface area contributed by atoms with Gasteiger partial charge >= 0.3 is 5.97 Å². The highest BCUT2D eigenvalue weighted by molar-refractivity contribution is 8.00. The third kappa shape index (κ3) is 7.02. The van der Waals surface area contributed by atoms with Gasteiger partial charge in [0.15, 0.2) is 6.61 Å². The number of amides is 2. The van der Waals surface area contributed by atoms with Crippen LogP contribution in [0.15, 0.2) is 18.2 Å². The van der Waals surface area contributed by atoms with Crippen molar-refractivity contribution in [3.63, 3.8) is 0 Å². The summed E-state index contributed by atoms with van der Waals surface area (Å²) in [7, 11) is 1.83. The summed E-state index contributed by atoms with van der Waals surface area (Å²) >= 11 is 7.22. The summed E-state index contributed by atoms with van der Waals surface area (Å²) in [6.07, 6.45) is 5.67. The molecule has 8 heteroatoms. The van der Waals surface area contributed by atoms with Gasteiger partial charge in [-0.3, -0.25) is 14.4 Å². The summed E-state index contributed by atoms with van der Waals surface area (Å²) < 4.78 is 4.98. The molecule has 0 bridgehead atoms. The van der Waals surface area contributed by atoms with E-state index >= 15 is 0 Å². The standard InChI is InChI=1S/C20H27ClN2O4S/c1-14-16(21)9-6-10-17(14)22-18(24)11-27-20(26)13-28-12-19(25)23(2)15-7-4-3-5-8-15/h6,9-10,15H,3-5,7-8,11-13H2,1-2H3,(H,22,24). The number of carbonyl (C=O) groups is 3. The van der Waals surface area contributed by atoms with Crippen LogP contribution >= 0.6 is 23.4 Å². The Balaban J connectivity index is 1.64. The number of benzene rings is 1. The van der Waals surface area contributed by atoms with Crippen LogP contribution in [-0.4, -0.2) is 53.9 Å². The monoisotopic (exact) mass is 426 g/mol. The summed E-state index contributed by atoms with van der Waals surface area (Å²) in [5, 5.41) is 3.21. The zero-order valence-electron chi connectivity index (χ0n) is 16.3. The molecule has 1 fully saturated rings. The summed E-state index contributed by atoms with van der Waals surface area (Å²) in [4.78, 5) is 37.8. The van der Waals surface area contributed by atoms with Crippen molar-refractivity contribution in [2.24, 2.45) is 0 Å². The average Bonchev–Trinajstić information content (AvgIpc) is 2.70. The van der Waals surface area contributed by atoms with Crippen LogP contribution in [0.5, 0.6) is 0 Å². The van der Waals surface area contributed by atoms with Gasteiger partial charge in [-0.1, -0.05) is 36.9 Å². The molecule has 0 aromatic heterocycles. The van der Waals surface area contributed by atoms with Crippen LogP contribution in [0.4, 0.5) is 5.69 Å². The highest BCUT2D eigenvalue weighted by atomic mass is 35.5. The molecule has 0 radical (unpaired) electrons. The quantitative estimate of drug-likeness (QED) is 0.642. The molecule has 2 rings (SSSR count). The van der Waals surface area contributed by atoms with Crippen LogP contribution in [0.1, 0.15) is 37.7 Å². The first kappa shape index (κ1) is 22.6. The van der Waals surface area contributed by atoms with E-state index in [0.29, 0.717) is 16.8 Å². The Kier molecular flexibility index (Phi) is 9.12. The maximum atomic E-state index is 12.2. The molecular formula is C20H27ClN2O4S. The van der Waals surface area contributed by atoms with Gasteiger partial charge in [-0.05, 0) is 37.5 Å². The molecule has 1 saturated carbocycles. The minimum atomic E-state index is -0.518. The number of rotatable bonds is 8. The van der Waals surface area contributed by atoms with E-state index in [0.717, 1.165) is 18.4 Å². The van der Waals surface area contributed by atoms with Gasteiger partial charge < -0.3 is 15.0 Å². The zero-order chi connectivity index (χ0) is 20.5. The fraction of sp³-hybridized carbons (Fsp3) is 0.550. The largest absolute Gasteiger partial charge is 0.455 e. The van der Waals surface area contributed by atoms with E-state index in [9.17, 15) is 14.4 Å². The van der Waals surface area contributed by atoms with Crippen molar-refractivity contribution in [1.29, 1.82) is 0 Å². The highest BCUT2D eigenvalue weighted by Gasteiger charge is 2.22. The molecule has 1 aromatic rings. The van der Waals surface area contributed by atoms with Gasteiger partial charge in [0.2, 0.25) is 5.91 Å². The molecule has 0 spiro atoms. The number of nitrogens with one attached hydrogen (secondary N) is 1. The highest BCUT2D eigenvalue weighted by Crippen LogP contribution is 2.23. The van der Waals surface area contributed by atoms with Crippen LogP contribution < -0.4 is 5.32 Å². The van der Waals surface area contributed by atoms with Crippen LogP contribution in [0, 0.1) is 6.92 Å². The number of anilines is 1. The van der Waals surface area contributed by atoms with E-state index in [1.807, 2.05) is 7.05 Å². The molecule has 0 atom stereocenters. The number of halogens is 1. The van der Waals surface area contributed by atoms with Crippen molar-refractivity contribution < 1.29 is 19.1 Å². The first-order valence-electron chi connectivity index (χ1n) is 9.42. The lowest BCUT2D eigenvalue weighted by Gasteiger charge is -2.31. The summed E-state index contributed by atoms with van der Waals surface area (Å²) in [6.45, 7) is 1.42. The first-order valence-corrected chi connectivity index (χ1v) is 11.0. The van der Waals surface area contributed by atoms with Crippen molar-refractivity contribution in [3.05, 3.63) is 28.8 Å². The second-order valence-electron chi connectivity index (χ2n) is 6.91.